The van der Waals surface area contributed by atoms with Crippen LogP contribution in [0.3, 0.4) is 0 Å². The van der Waals surface area contributed by atoms with Gasteiger partial charge in [-0.2, -0.15) is 13.9 Å². The second-order valence-corrected chi connectivity index (χ2v) is 7.22. The number of amides is 2. The van der Waals surface area contributed by atoms with Gasteiger partial charge in [0.15, 0.2) is 4.77 Å². The summed E-state index contributed by atoms with van der Waals surface area (Å²) in [6.45, 7) is 0.376. The molecule has 1 aliphatic rings. The first kappa shape index (κ1) is 21.9. The van der Waals surface area contributed by atoms with Crippen molar-refractivity contribution in [3.63, 3.8) is 0 Å². The number of aromatic amines is 1. The van der Waals surface area contributed by atoms with Crippen LogP contribution in [0.1, 0.15) is 29.5 Å². The van der Waals surface area contributed by atoms with E-state index in [1.807, 2.05) is 6.92 Å². The lowest BCUT2D eigenvalue weighted by Gasteiger charge is -2.35. The summed E-state index contributed by atoms with van der Waals surface area (Å²) in [5, 5.41) is 6.87. The number of aryl methyl sites for hydroxylation is 1. The molecule has 0 radical (unpaired) electrons. The van der Waals surface area contributed by atoms with Crippen LogP contribution in [0.2, 0.25) is 0 Å². The van der Waals surface area contributed by atoms with E-state index in [2.05, 4.69) is 14.9 Å². The zero-order valence-corrected chi connectivity index (χ0v) is 17.3. The molecule has 1 aliphatic heterocycles. The maximum absolute atomic E-state index is 12.8. The van der Waals surface area contributed by atoms with Crippen LogP contribution >= 0.6 is 12.2 Å². The number of H-pyrrole nitrogens is 1. The van der Waals surface area contributed by atoms with Crippen LogP contribution < -0.4 is 4.74 Å². The van der Waals surface area contributed by atoms with E-state index in [9.17, 15) is 18.4 Å². The molecule has 0 unspecified atom stereocenters. The lowest BCUT2D eigenvalue weighted by atomic mass is 10.1. The van der Waals surface area contributed by atoms with Crippen molar-refractivity contribution >= 4 is 24.0 Å². The van der Waals surface area contributed by atoms with Gasteiger partial charge >= 0.3 is 6.61 Å². The first-order valence-electron chi connectivity index (χ1n) is 9.65. The quantitative estimate of drug-likeness (QED) is 0.671. The van der Waals surface area contributed by atoms with Crippen molar-refractivity contribution in [3.8, 4) is 5.75 Å². The maximum atomic E-state index is 12.8. The number of carbonyl (C=O) groups excluding carboxylic acids is 2. The minimum atomic E-state index is -3.01. The van der Waals surface area contributed by atoms with Crippen LogP contribution in [0, 0.1) is 4.77 Å². The standard InChI is InChI=1S/C19H23F2N5O3S/c1-2-5-15-22-23-19(30)26(15)12-16(27)24-8-10-25(11-9-24)17(28)13-6-3-4-7-14(13)29-18(20)21/h3-4,6-7,18H,2,5,8-12H2,1H3,(H,23,30). The third-order valence-corrected chi connectivity index (χ3v) is 5.17. The first-order chi connectivity index (χ1) is 14.4. The molecule has 2 amide bonds. The molecule has 0 atom stereocenters. The Bertz CT molecular complexity index is 954. The second kappa shape index (κ2) is 9.79. The molecule has 3 rings (SSSR count). The summed E-state index contributed by atoms with van der Waals surface area (Å²) in [5.41, 5.74) is 0.0754. The van der Waals surface area contributed by atoms with Crippen LogP contribution in [-0.4, -0.2) is 69.2 Å². The first-order valence-corrected chi connectivity index (χ1v) is 10.1. The monoisotopic (exact) mass is 439 g/mol. The Labute approximate surface area is 177 Å². The molecule has 1 saturated heterocycles. The van der Waals surface area contributed by atoms with Gasteiger partial charge in [0, 0.05) is 32.6 Å². The molecule has 1 fully saturated rings. The minimum absolute atomic E-state index is 0.0754. The number of carbonyl (C=O) groups is 2. The van der Waals surface area contributed by atoms with Gasteiger partial charge in [0.05, 0.1) is 5.56 Å². The number of rotatable bonds is 7. The molecule has 162 valence electrons. The summed E-state index contributed by atoms with van der Waals surface area (Å²) in [5.74, 6) is 0.0631. The number of nitrogens with one attached hydrogen (secondary N) is 1. The molecular formula is C19H23F2N5O3S. The molecule has 1 aromatic carbocycles. The van der Waals surface area contributed by atoms with Crippen molar-refractivity contribution in [3.05, 3.63) is 40.4 Å². The van der Waals surface area contributed by atoms with Crippen molar-refractivity contribution in [1.29, 1.82) is 0 Å². The highest BCUT2D eigenvalue weighted by Crippen LogP contribution is 2.22. The normalized spacial score (nSPS) is 14.3. The predicted molar refractivity (Wildman–Crippen MR) is 107 cm³/mol. The average Bonchev–Trinajstić information content (AvgIpc) is 3.07. The smallest absolute Gasteiger partial charge is 0.387 e. The van der Waals surface area contributed by atoms with Crippen molar-refractivity contribution in [2.45, 2.75) is 32.9 Å². The number of hydrogen-bond acceptors (Lipinski definition) is 5. The van der Waals surface area contributed by atoms with E-state index in [1.54, 1.807) is 15.5 Å². The van der Waals surface area contributed by atoms with Gasteiger partial charge in [0.1, 0.15) is 18.1 Å². The number of nitrogens with zero attached hydrogens (tertiary/aromatic N) is 4. The number of aromatic nitrogens is 3. The van der Waals surface area contributed by atoms with Gasteiger partial charge in [0.2, 0.25) is 5.91 Å². The van der Waals surface area contributed by atoms with E-state index < -0.39 is 12.5 Å². The average molecular weight is 439 g/mol. The lowest BCUT2D eigenvalue weighted by molar-refractivity contribution is -0.133. The molecule has 1 aromatic heterocycles. The van der Waals surface area contributed by atoms with Gasteiger partial charge in [-0.05, 0) is 30.8 Å². The highest BCUT2D eigenvalue weighted by Gasteiger charge is 2.27. The predicted octanol–water partition coefficient (Wildman–Crippen LogP) is 2.48. The van der Waals surface area contributed by atoms with Crippen molar-refractivity contribution < 1.29 is 23.1 Å². The minimum Gasteiger partial charge on any atom is -0.434 e. The van der Waals surface area contributed by atoms with E-state index in [0.717, 1.165) is 12.2 Å². The van der Waals surface area contributed by atoms with Gasteiger partial charge in [-0.15, -0.1) is 0 Å². The lowest BCUT2D eigenvalue weighted by Crippen LogP contribution is -2.51. The van der Waals surface area contributed by atoms with Crippen LogP contribution in [0.5, 0.6) is 5.75 Å². The molecular weight excluding hydrogens is 416 g/mol. The van der Waals surface area contributed by atoms with Gasteiger partial charge in [-0.1, -0.05) is 19.1 Å². The molecule has 11 heteroatoms. The third kappa shape index (κ3) is 5.02. The van der Waals surface area contributed by atoms with E-state index in [-0.39, 0.29) is 23.8 Å². The largest absolute Gasteiger partial charge is 0.434 e. The van der Waals surface area contributed by atoms with Gasteiger partial charge in [-0.3, -0.25) is 19.3 Å². The Morgan fingerprint density at radius 3 is 2.53 bits per heavy atom. The van der Waals surface area contributed by atoms with Gasteiger partial charge in [0.25, 0.3) is 5.91 Å². The van der Waals surface area contributed by atoms with Crippen LogP contribution in [0.25, 0.3) is 0 Å². The number of alkyl halides is 2. The van der Waals surface area contributed by atoms with E-state index in [0.29, 0.717) is 37.4 Å². The molecule has 0 spiro atoms. The Hall–Kier alpha value is -2.82. The molecule has 1 N–H and O–H groups in total. The molecule has 0 bridgehead atoms. The van der Waals surface area contributed by atoms with E-state index in [4.69, 9.17) is 12.2 Å². The third-order valence-electron chi connectivity index (χ3n) is 4.86. The van der Waals surface area contributed by atoms with Gasteiger partial charge < -0.3 is 14.5 Å². The van der Waals surface area contributed by atoms with Crippen LogP contribution in [-0.2, 0) is 17.8 Å². The SMILES string of the molecule is CCCc1n[nH]c(=S)n1CC(=O)N1CCN(C(=O)c2ccccc2OC(F)F)CC1. The summed E-state index contributed by atoms with van der Waals surface area (Å²) in [6.07, 6.45) is 1.59. The van der Waals surface area contributed by atoms with Crippen LogP contribution in [0.15, 0.2) is 24.3 Å². The zero-order chi connectivity index (χ0) is 21.7. The highest BCUT2D eigenvalue weighted by molar-refractivity contribution is 7.71. The summed E-state index contributed by atoms with van der Waals surface area (Å²) in [6, 6.07) is 5.90. The number of ether oxygens (including phenoxy) is 1. The molecule has 8 nitrogen and oxygen atoms in total. The summed E-state index contributed by atoms with van der Waals surface area (Å²) in [7, 11) is 0. The van der Waals surface area contributed by atoms with Crippen molar-refractivity contribution in [1.82, 2.24) is 24.6 Å². The highest BCUT2D eigenvalue weighted by atomic mass is 32.1. The summed E-state index contributed by atoms with van der Waals surface area (Å²) in [4.78, 5) is 28.7. The zero-order valence-electron chi connectivity index (χ0n) is 16.5. The van der Waals surface area contributed by atoms with Crippen LogP contribution in [0.4, 0.5) is 8.78 Å². The van der Waals surface area contributed by atoms with Crippen molar-refractivity contribution in [2.75, 3.05) is 26.2 Å². The fourth-order valence-electron chi connectivity index (χ4n) is 3.33. The Balaban J connectivity index is 1.61. The topological polar surface area (TPSA) is 83.5 Å². The molecule has 0 aliphatic carbocycles. The summed E-state index contributed by atoms with van der Waals surface area (Å²) < 4.78 is 31.7. The van der Waals surface area contributed by atoms with E-state index in [1.165, 1.54) is 23.1 Å². The molecule has 30 heavy (non-hydrogen) atoms. The molecule has 2 heterocycles. The number of piperazine rings is 1. The van der Waals surface area contributed by atoms with Gasteiger partial charge in [-0.25, -0.2) is 0 Å². The fraction of sp³-hybridized carbons (Fsp3) is 0.474. The number of benzene rings is 1. The second-order valence-electron chi connectivity index (χ2n) is 6.83. The maximum Gasteiger partial charge on any atom is 0.387 e. The molecule has 2 aromatic rings. The molecule has 0 saturated carbocycles. The Morgan fingerprint density at radius 1 is 1.20 bits per heavy atom. The number of halogens is 2. The van der Waals surface area contributed by atoms with Crippen molar-refractivity contribution in [2.24, 2.45) is 0 Å². The number of hydrogen-bond donors (Lipinski definition) is 1. The fourth-order valence-corrected chi connectivity index (χ4v) is 3.55. The Kier molecular flexibility index (Phi) is 7.14. The Morgan fingerprint density at radius 2 is 1.87 bits per heavy atom. The van der Waals surface area contributed by atoms with E-state index >= 15 is 0 Å². The summed E-state index contributed by atoms with van der Waals surface area (Å²) >= 11 is 5.21. The number of para-hydroxylation sites is 1.